The first-order chi connectivity index (χ1) is 11.8. The molecule has 1 unspecified atom stereocenters. The van der Waals surface area contributed by atoms with Crippen molar-refractivity contribution in [1.29, 1.82) is 0 Å². The molecule has 1 saturated heterocycles. The van der Waals surface area contributed by atoms with Crippen LogP contribution < -0.4 is 10.1 Å². The van der Waals surface area contributed by atoms with Gasteiger partial charge in [0.1, 0.15) is 5.75 Å². The Bertz CT molecular complexity index is 669. The summed E-state index contributed by atoms with van der Waals surface area (Å²) in [6.07, 6.45) is 5.66. The first-order valence-corrected chi connectivity index (χ1v) is 8.35. The normalized spacial score (nSPS) is 15.9. The van der Waals surface area contributed by atoms with Crippen LogP contribution in [0.3, 0.4) is 0 Å². The van der Waals surface area contributed by atoms with Gasteiger partial charge in [0.2, 0.25) is 0 Å². The average molecular weight is 325 g/mol. The van der Waals surface area contributed by atoms with Crippen LogP contribution in [0.5, 0.6) is 5.75 Å². The maximum absolute atomic E-state index is 12.4. The molecule has 2 aromatic rings. The van der Waals surface area contributed by atoms with E-state index in [0.717, 1.165) is 24.4 Å². The van der Waals surface area contributed by atoms with Crippen LogP contribution in [0.4, 0.5) is 0 Å². The van der Waals surface area contributed by atoms with E-state index >= 15 is 0 Å². The van der Waals surface area contributed by atoms with E-state index in [-0.39, 0.29) is 11.9 Å². The fourth-order valence-electron chi connectivity index (χ4n) is 3.23. The molecule has 5 nitrogen and oxygen atoms in total. The number of nitrogens with zero attached hydrogens (tertiary/aromatic N) is 2. The molecule has 1 amide bonds. The number of carbonyl (C=O) groups is 1. The lowest BCUT2D eigenvalue weighted by Gasteiger charge is -2.29. The Hall–Kier alpha value is -2.40. The predicted octanol–water partition coefficient (Wildman–Crippen LogP) is 2.66. The number of nitrogens with one attached hydrogen (secondary N) is 1. The SMILES string of the molecule is COc1ccccc1C(CNC(=O)c1ccncc1)N1CCCC1. The maximum Gasteiger partial charge on any atom is 0.251 e. The molecule has 1 fully saturated rings. The van der Waals surface area contributed by atoms with Crippen molar-refractivity contribution < 1.29 is 9.53 Å². The summed E-state index contributed by atoms with van der Waals surface area (Å²) < 4.78 is 5.53. The number of aromatic nitrogens is 1. The number of likely N-dealkylation sites (tertiary alicyclic amines) is 1. The van der Waals surface area contributed by atoms with E-state index in [1.165, 1.54) is 12.8 Å². The molecule has 0 bridgehead atoms. The molecule has 2 heterocycles. The van der Waals surface area contributed by atoms with Crippen LogP contribution in [-0.2, 0) is 0 Å². The Morgan fingerprint density at radius 2 is 1.92 bits per heavy atom. The second-order valence-corrected chi connectivity index (χ2v) is 5.95. The summed E-state index contributed by atoms with van der Waals surface area (Å²) >= 11 is 0. The van der Waals surface area contributed by atoms with Gasteiger partial charge in [0.25, 0.3) is 5.91 Å². The van der Waals surface area contributed by atoms with Gasteiger partial charge in [-0.3, -0.25) is 14.7 Å². The van der Waals surface area contributed by atoms with Gasteiger partial charge in [-0.2, -0.15) is 0 Å². The number of ether oxygens (including phenoxy) is 1. The van der Waals surface area contributed by atoms with Gasteiger partial charge in [0, 0.05) is 30.1 Å². The van der Waals surface area contributed by atoms with Gasteiger partial charge >= 0.3 is 0 Å². The molecular formula is C19H23N3O2. The zero-order valence-corrected chi connectivity index (χ0v) is 13.9. The molecule has 1 N–H and O–H groups in total. The fraction of sp³-hybridized carbons (Fsp3) is 0.368. The van der Waals surface area contributed by atoms with Crippen molar-refractivity contribution in [2.45, 2.75) is 18.9 Å². The number of para-hydroxylation sites is 1. The number of carbonyl (C=O) groups excluding carboxylic acids is 1. The Morgan fingerprint density at radius 3 is 2.62 bits per heavy atom. The minimum absolute atomic E-state index is 0.0727. The maximum atomic E-state index is 12.4. The highest BCUT2D eigenvalue weighted by Crippen LogP contribution is 2.31. The molecule has 0 spiro atoms. The molecule has 3 rings (SSSR count). The molecule has 1 atom stereocenters. The summed E-state index contributed by atoms with van der Waals surface area (Å²) in [5.74, 6) is 0.795. The standard InChI is InChI=1S/C19H23N3O2/c1-24-18-7-3-2-6-16(18)17(22-12-4-5-13-22)14-21-19(23)15-8-10-20-11-9-15/h2-3,6-11,17H,4-5,12-14H2,1H3,(H,21,23). The van der Waals surface area contributed by atoms with Crippen molar-refractivity contribution >= 4 is 5.91 Å². The number of rotatable bonds is 6. The molecule has 5 heteroatoms. The van der Waals surface area contributed by atoms with Crippen LogP contribution in [0.25, 0.3) is 0 Å². The third-order valence-corrected chi connectivity index (χ3v) is 4.48. The van der Waals surface area contributed by atoms with E-state index in [1.54, 1.807) is 31.6 Å². The van der Waals surface area contributed by atoms with Crippen molar-refractivity contribution in [3.05, 3.63) is 59.9 Å². The Kier molecular flexibility index (Phi) is 5.43. The number of benzene rings is 1. The van der Waals surface area contributed by atoms with Crippen LogP contribution in [-0.4, -0.2) is 42.5 Å². The van der Waals surface area contributed by atoms with Gasteiger partial charge in [0.15, 0.2) is 0 Å². The Labute approximate surface area is 142 Å². The summed E-state index contributed by atoms with van der Waals surface area (Å²) in [5, 5.41) is 3.06. The van der Waals surface area contributed by atoms with Crippen molar-refractivity contribution in [2.24, 2.45) is 0 Å². The number of hydrogen-bond acceptors (Lipinski definition) is 4. The van der Waals surface area contributed by atoms with Crippen molar-refractivity contribution in [1.82, 2.24) is 15.2 Å². The highest BCUT2D eigenvalue weighted by molar-refractivity contribution is 5.93. The Balaban J connectivity index is 1.77. The van der Waals surface area contributed by atoms with Gasteiger partial charge in [-0.05, 0) is 44.1 Å². The first kappa shape index (κ1) is 16.5. The highest BCUT2D eigenvalue weighted by Gasteiger charge is 2.26. The molecule has 0 aliphatic carbocycles. The van der Waals surface area contributed by atoms with Gasteiger partial charge in [-0.15, -0.1) is 0 Å². The number of amides is 1. The van der Waals surface area contributed by atoms with Crippen molar-refractivity contribution in [2.75, 3.05) is 26.7 Å². The van der Waals surface area contributed by atoms with Crippen LogP contribution in [0.15, 0.2) is 48.8 Å². The van der Waals surface area contributed by atoms with Crippen molar-refractivity contribution in [3.63, 3.8) is 0 Å². The molecule has 0 radical (unpaired) electrons. The highest BCUT2D eigenvalue weighted by atomic mass is 16.5. The zero-order valence-electron chi connectivity index (χ0n) is 13.9. The molecular weight excluding hydrogens is 302 g/mol. The van der Waals surface area contributed by atoms with E-state index in [9.17, 15) is 4.79 Å². The smallest absolute Gasteiger partial charge is 0.251 e. The van der Waals surface area contributed by atoms with Crippen LogP contribution >= 0.6 is 0 Å². The van der Waals surface area contributed by atoms with Gasteiger partial charge in [0.05, 0.1) is 13.2 Å². The minimum atomic E-state index is -0.0727. The largest absolute Gasteiger partial charge is 0.496 e. The third kappa shape index (κ3) is 3.74. The topological polar surface area (TPSA) is 54.5 Å². The van der Waals surface area contributed by atoms with Crippen LogP contribution in [0, 0.1) is 0 Å². The number of hydrogen-bond donors (Lipinski definition) is 1. The number of pyridine rings is 1. The molecule has 1 aromatic carbocycles. The predicted molar refractivity (Wildman–Crippen MR) is 93.1 cm³/mol. The van der Waals surface area contributed by atoms with E-state index in [4.69, 9.17) is 4.74 Å². The molecule has 1 aromatic heterocycles. The lowest BCUT2D eigenvalue weighted by atomic mass is 10.0. The third-order valence-electron chi connectivity index (χ3n) is 4.48. The van der Waals surface area contributed by atoms with Gasteiger partial charge < -0.3 is 10.1 Å². The van der Waals surface area contributed by atoms with E-state index in [2.05, 4.69) is 21.3 Å². The van der Waals surface area contributed by atoms with E-state index in [1.807, 2.05) is 18.2 Å². The number of methoxy groups -OCH3 is 1. The molecule has 24 heavy (non-hydrogen) atoms. The molecule has 0 saturated carbocycles. The minimum Gasteiger partial charge on any atom is -0.496 e. The second kappa shape index (κ2) is 7.93. The van der Waals surface area contributed by atoms with E-state index < -0.39 is 0 Å². The summed E-state index contributed by atoms with van der Waals surface area (Å²) in [7, 11) is 1.69. The summed E-state index contributed by atoms with van der Waals surface area (Å²) in [6.45, 7) is 2.66. The van der Waals surface area contributed by atoms with Gasteiger partial charge in [-0.25, -0.2) is 0 Å². The first-order valence-electron chi connectivity index (χ1n) is 8.35. The molecule has 1 aliphatic rings. The lowest BCUT2D eigenvalue weighted by molar-refractivity contribution is 0.0937. The quantitative estimate of drug-likeness (QED) is 0.887. The summed E-state index contributed by atoms with van der Waals surface area (Å²) in [5.41, 5.74) is 1.75. The monoisotopic (exact) mass is 325 g/mol. The second-order valence-electron chi connectivity index (χ2n) is 5.95. The van der Waals surface area contributed by atoms with Crippen molar-refractivity contribution in [3.8, 4) is 5.75 Å². The van der Waals surface area contributed by atoms with Crippen LogP contribution in [0.1, 0.15) is 34.8 Å². The summed E-state index contributed by atoms with van der Waals surface area (Å²) in [6, 6.07) is 11.6. The Morgan fingerprint density at radius 1 is 1.21 bits per heavy atom. The molecule has 1 aliphatic heterocycles. The zero-order chi connectivity index (χ0) is 16.8. The average Bonchev–Trinajstić information content (AvgIpc) is 3.17. The lowest BCUT2D eigenvalue weighted by Crippen LogP contribution is -2.37. The van der Waals surface area contributed by atoms with E-state index in [0.29, 0.717) is 12.1 Å². The van der Waals surface area contributed by atoms with Gasteiger partial charge in [-0.1, -0.05) is 18.2 Å². The summed E-state index contributed by atoms with van der Waals surface area (Å²) in [4.78, 5) is 18.7. The fourth-order valence-corrected chi connectivity index (χ4v) is 3.23. The van der Waals surface area contributed by atoms with Crippen LogP contribution in [0.2, 0.25) is 0 Å². The molecule has 126 valence electrons.